The fourth-order valence-electron chi connectivity index (χ4n) is 2.84. The van der Waals surface area contributed by atoms with E-state index in [0.29, 0.717) is 17.3 Å². The summed E-state index contributed by atoms with van der Waals surface area (Å²) >= 11 is 0. The number of para-hydroxylation sites is 1. The van der Waals surface area contributed by atoms with E-state index >= 15 is 0 Å². The molecule has 0 unspecified atom stereocenters. The maximum Gasteiger partial charge on any atom is 0.274 e. The van der Waals surface area contributed by atoms with Gasteiger partial charge in [-0.2, -0.15) is 0 Å². The Balaban J connectivity index is 1.61. The number of anilines is 2. The summed E-state index contributed by atoms with van der Waals surface area (Å²) < 4.78 is 5.35. The Morgan fingerprint density at radius 2 is 1.96 bits per heavy atom. The quantitative estimate of drug-likeness (QED) is 0.826. The number of nitrogens with zero attached hydrogens (tertiary/aromatic N) is 3. The van der Waals surface area contributed by atoms with Crippen LogP contribution in [0.1, 0.15) is 21.9 Å². The summed E-state index contributed by atoms with van der Waals surface area (Å²) in [7, 11) is 0. The summed E-state index contributed by atoms with van der Waals surface area (Å²) in [5.41, 5.74) is 2.15. The molecule has 0 atom stereocenters. The van der Waals surface area contributed by atoms with Crippen molar-refractivity contribution in [3.8, 4) is 0 Å². The van der Waals surface area contributed by atoms with E-state index in [1.807, 2.05) is 31.2 Å². The second-order valence-electron chi connectivity index (χ2n) is 6.34. The van der Waals surface area contributed by atoms with Crippen LogP contribution in [0, 0.1) is 13.8 Å². The van der Waals surface area contributed by atoms with Crippen molar-refractivity contribution in [1.82, 2.24) is 14.9 Å². The lowest BCUT2D eigenvalue weighted by molar-refractivity contribution is 0.0398. The van der Waals surface area contributed by atoms with Crippen molar-refractivity contribution in [2.45, 2.75) is 13.8 Å². The zero-order chi connectivity index (χ0) is 18.4. The molecule has 1 amide bonds. The Labute approximate surface area is 153 Å². The highest BCUT2D eigenvalue weighted by molar-refractivity contribution is 6.03. The molecule has 0 aliphatic carbocycles. The number of morpholine rings is 1. The molecule has 0 saturated carbocycles. The van der Waals surface area contributed by atoms with Crippen LogP contribution in [-0.4, -0.2) is 60.2 Å². The predicted molar refractivity (Wildman–Crippen MR) is 102 cm³/mol. The molecule has 2 N–H and O–H groups in total. The van der Waals surface area contributed by atoms with Crippen LogP contribution in [0.4, 0.5) is 11.5 Å². The molecule has 1 saturated heterocycles. The Bertz CT molecular complexity index is 759. The van der Waals surface area contributed by atoms with Gasteiger partial charge in [-0.1, -0.05) is 18.2 Å². The van der Waals surface area contributed by atoms with Crippen LogP contribution in [-0.2, 0) is 4.74 Å². The zero-order valence-corrected chi connectivity index (χ0v) is 15.3. The molecule has 0 bridgehead atoms. The Morgan fingerprint density at radius 1 is 1.19 bits per heavy atom. The summed E-state index contributed by atoms with van der Waals surface area (Å²) in [6.07, 6.45) is 0. The molecular weight excluding hydrogens is 330 g/mol. The van der Waals surface area contributed by atoms with E-state index in [0.717, 1.165) is 50.6 Å². The highest BCUT2D eigenvalue weighted by Crippen LogP contribution is 2.15. The van der Waals surface area contributed by atoms with Gasteiger partial charge in [0, 0.05) is 37.9 Å². The number of hydrogen-bond donors (Lipinski definition) is 2. The Morgan fingerprint density at radius 3 is 2.73 bits per heavy atom. The van der Waals surface area contributed by atoms with E-state index in [9.17, 15) is 4.79 Å². The lowest BCUT2D eigenvalue weighted by Gasteiger charge is -2.26. The van der Waals surface area contributed by atoms with Gasteiger partial charge in [0.1, 0.15) is 17.3 Å². The largest absolute Gasteiger partial charge is 0.379 e. The highest BCUT2D eigenvalue weighted by atomic mass is 16.5. The normalized spacial score (nSPS) is 14.8. The van der Waals surface area contributed by atoms with Crippen molar-refractivity contribution in [2.75, 3.05) is 50.0 Å². The molecule has 2 heterocycles. The molecule has 1 fully saturated rings. The van der Waals surface area contributed by atoms with Gasteiger partial charge in [-0.05, 0) is 25.5 Å². The third-order valence-corrected chi connectivity index (χ3v) is 4.30. The van der Waals surface area contributed by atoms with E-state index in [2.05, 4.69) is 25.5 Å². The smallest absolute Gasteiger partial charge is 0.274 e. The number of nitrogens with one attached hydrogen (secondary N) is 2. The number of carbonyl (C=O) groups excluding carboxylic acids is 1. The first-order valence-electron chi connectivity index (χ1n) is 8.88. The fourth-order valence-corrected chi connectivity index (χ4v) is 2.84. The molecule has 3 rings (SSSR count). The van der Waals surface area contributed by atoms with Crippen LogP contribution in [0.5, 0.6) is 0 Å². The number of aryl methyl sites for hydroxylation is 2. The molecule has 0 radical (unpaired) electrons. The molecule has 0 spiro atoms. The van der Waals surface area contributed by atoms with Crippen LogP contribution in [0.3, 0.4) is 0 Å². The Kier molecular flexibility index (Phi) is 6.14. The lowest BCUT2D eigenvalue weighted by Crippen LogP contribution is -2.39. The number of rotatable bonds is 6. The van der Waals surface area contributed by atoms with Gasteiger partial charge in [0.15, 0.2) is 0 Å². The van der Waals surface area contributed by atoms with E-state index in [1.165, 1.54) is 0 Å². The average Bonchev–Trinajstić information content (AvgIpc) is 2.64. The van der Waals surface area contributed by atoms with Crippen molar-refractivity contribution in [3.05, 3.63) is 47.4 Å². The monoisotopic (exact) mass is 355 g/mol. The van der Waals surface area contributed by atoms with Gasteiger partial charge in [-0.3, -0.25) is 9.69 Å². The molecule has 7 nitrogen and oxygen atoms in total. The SMILES string of the molecule is Cc1nc(NCCN2CCOCC2)cc(C(=O)Nc2ccccc2C)n1. The molecule has 1 aliphatic rings. The predicted octanol–water partition coefficient (Wildman–Crippen LogP) is 2.09. The Hall–Kier alpha value is -2.51. The van der Waals surface area contributed by atoms with Gasteiger partial charge >= 0.3 is 0 Å². The molecule has 1 aromatic carbocycles. The number of amides is 1. The number of carbonyl (C=O) groups is 1. The van der Waals surface area contributed by atoms with Crippen LogP contribution in [0.25, 0.3) is 0 Å². The number of aromatic nitrogens is 2. The van der Waals surface area contributed by atoms with Crippen LogP contribution < -0.4 is 10.6 Å². The number of ether oxygens (including phenoxy) is 1. The maximum atomic E-state index is 12.5. The van der Waals surface area contributed by atoms with Gasteiger partial charge in [-0.15, -0.1) is 0 Å². The van der Waals surface area contributed by atoms with E-state index in [1.54, 1.807) is 13.0 Å². The van der Waals surface area contributed by atoms with Crippen molar-refractivity contribution in [2.24, 2.45) is 0 Å². The first-order valence-corrected chi connectivity index (χ1v) is 8.88. The minimum Gasteiger partial charge on any atom is -0.379 e. The number of benzene rings is 1. The lowest BCUT2D eigenvalue weighted by atomic mass is 10.2. The first kappa shape index (κ1) is 18.3. The molecule has 26 heavy (non-hydrogen) atoms. The van der Waals surface area contributed by atoms with Crippen molar-refractivity contribution in [1.29, 1.82) is 0 Å². The number of hydrogen-bond acceptors (Lipinski definition) is 6. The van der Waals surface area contributed by atoms with Gasteiger partial charge in [0.25, 0.3) is 5.91 Å². The third-order valence-electron chi connectivity index (χ3n) is 4.30. The van der Waals surface area contributed by atoms with Gasteiger partial charge in [0.05, 0.1) is 13.2 Å². The minimum absolute atomic E-state index is 0.235. The van der Waals surface area contributed by atoms with E-state index in [4.69, 9.17) is 4.74 Å². The van der Waals surface area contributed by atoms with Crippen molar-refractivity contribution < 1.29 is 9.53 Å². The second-order valence-corrected chi connectivity index (χ2v) is 6.34. The van der Waals surface area contributed by atoms with E-state index in [-0.39, 0.29) is 5.91 Å². The van der Waals surface area contributed by atoms with Crippen LogP contribution in [0.2, 0.25) is 0 Å². The highest BCUT2D eigenvalue weighted by Gasteiger charge is 2.13. The molecular formula is C19H25N5O2. The third kappa shape index (κ3) is 5.00. The van der Waals surface area contributed by atoms with Crippen LogP contribution in [0.15, 0.2) is 30.3 Å². The summed E-state index contributed by atoms with van der Waals surface area (Å²) in [5.74, 6) is 0.998. The second kappa shape index (κ2) is 8.73. The van der Waals surface area contributed by atoms with Gasteiger partial charge in [-0.25, -0.2) is 9.97 Å². The van der Waals surface area contributed by atoms with Gasteiger partial charge < -0.3 is 15.4 Å². The minimum atomic E-state index is -0.235. The van der Waals surface area contributed by atoms with Crippen molar-refractivity contribution >= 4 is 17.4 Å². The molecule has 1 aliphatic heterocycles. The first-order chi connectivity index (χ1) is 12.6. The average molecular weight is 355 g/mol. The standard InChI is InChI=1S/C19H25N5O2/c1-14-5-3-4-6-16(14)23-19(25)17-13-18(22-15(2)21-17)20-7-8-24-9-11-26-12-10-24/h3-6,13H,7-12H2,1-2H3,(H,23,25)(H,20,21,22). The summed E-state index contributed by atoms with van der Waals surface area (Å²) in [6, 6.07) is 9.37. The van der Waals surface area contributed by atoms with Crippen molar-refractivity contribution in [3.63, 3.8) is 0 Å². The molecule has 7 heteroatoms. The van der Waals surface area contributed by atoms with Crippen LogP contribution >= 0.6 is 0 Å². The van der Waals surface area contributed by atoms with E-state index < -0.39 is 0 Å². The zero-order valence-electron chi connectivity index (χ0n) is 15.3. The molecule has 138 valence electrons. The maximum absolute atomic E-state index is 12.5. The fraction of sp³-hybridized carbons (Fsp3) is 0.421. The van der Waals surface area contributed by atoms with Gasteiger partial charge in [0.2, 0.25) is 0 Å². The summed E-state index contributed by atoms with van der Waals surface area (Å²) in [5, 5.41) is 6.20. The topological polar surface area (TPSA) is 79.4 Å². The molecule has 2 aromatic rings. The molecule has 1 aromatic heterocycles. The summed E-state index contributed by atoms with van der Waals surface area (Å²) in [4.78, 5) is 23.5. The summed E-state index contributed by atoms with van der Waals surface area (Å²) in [6.45, 7) is 8.90.